The molecule has 0 saturated heterocycles. The Morgan fingerprint density at radius 2 is 2.38 bits per heavy atom. The molecule has 0 saturated carbocycles. The third-order valence-corrected chi connectivity index (χ3v) is 2.17. The first-order valence-electron chi connectivity index (χ1n) is 4.44. The maximum absolute atomic E-state index is 13.2. The molecule has 2 rings (SSSR count). The first-order valence-corrected chi connectivity index (χ1v) is 4.44. The van der Waals surface area contributed by atoms with Crippen molar-refractivity contribution in [3.8, 4) is 5.75 Å². The Balaban J connectivity index is 2.43. The molecule has 1 heterocycles. The number of nitrogens with one attached hydrogen (secondary N) is 1. The predicted molar refractivity (Wildman–Crippen MR) is 52.0 cm³/mol. The molecule has 1 atom stereocenters. The van der Waals surface area contributed by atoms with Gasteiger partial charge in [-0.25, -0.2) is 0 Å². The molecule has 1 aliphatic rings. The summed E-state index contributed by atoms with van der Waals surface area (Å²) in [6.45, 7) is 0.0771. The normalized spacial score (nSPS) is 17.9. The number of carbonyl (C=O) groups excluding carboxylic acids is 1. The number of nitro benzene ring substituents is 1. The Labute approximate surface area is 89.2 Å². The maximum atomic E-state index is 13.2. The molecule has 7 heteroatoms. The van der Waals surface area contributed by atoms with Crippen LogP contribution in [-0.4, -0.2) is 23.9 Å². The van der Waals surface area contributed by atoms with Crippen molar-refractivity contribution < 1.29 is 18.8 Å². The molecule has 1 aromatic rings. The third-order valence-electron chi connectivity index (χ3n) is 2.17. The van der Waals surface area contributed by atoms with Crippen LogP contribution in [0.4, 0.5) is 15.8 Å². The van der Waals surface area contributed by atoms with E-state index in [0.29, 0.717) is 6.29 Å². The van der Waals surface area contributed by atoms with Gasteiger partial charge in [0.25, 0.3) is 0 Å². The van der Waals surface area contributed by atoms with Gasteiger partial charge < -0.3 is 14.8 Å². The highest BCUT2D eigenvalue weighted by atomic mass is 19.1. The van der Waals surface area contributed by atoms with E-state index in [2.05, 4.69) is 5.32 Å². The Bertz CT molecular complexity index is 463. The first kappa shape index (κ1) is 10.3. The zero-order chi connectivity index (χ0) is 11.7. The molecule has 1 unspecified atom stereocenters. The van der Waals surface area contributed by atoms with Crippen molar-refractivity contribution >= 4 is 17.7 Å². The van der Waals surface area contributed by atoms with Gasteiger partial charge in [-0.05, 0) is 0 Å². The van der Waals surface area contributed by atoms with Gasteiger partial charge >= 0.3 is 5.69 Å². The Hall–Kier alpha value is -2.18. The van der Waals surface area contributed by atoms with Gasteiger partial charge in [0.2, 0.25) is 5.82 Å². The Morgan fingerprint density at radius 1 is 1.62 bits per heavy atom. The van der Waals surface area contributed by atoms with Crippen LogP contribution in [0.25, 0.3) is 0 Å². The highest BCUT2D eigenvalue weighted by Crippen LogP contribution is 2.34. The van der Waals surface area contributed by atoms with E-state index in [1.165, 1.54) is 0 Å². The number of nitro groups is 1. The maximum Gasteiger partial charge on any atom is 0.307 e. The minimum Gasteiger partial charge on any atom is -0.489 e. The summed E-state index contributed by atoms with van der Waals surface area (Å²) in [7, 11) is 0. The van der Waals surface area contributed by atoms with Crippen LogP contribution >= 0.6 is 0 Å². The Morgan fingerprint density at radius 3 is 3.00 bits per heavy atom. The largest absolute Gasteiger partial charge is 0.489 e. The fourth-order valence-corrected chi connectivity index (χ4v) is 1.41. The monoisotopic (exact) mass is 226 g/mol. The lowest BCUT2D eigenvalue weighted by Crippen LogP contribution is -2.32. The van der Waals surface area contributed by atoms with Gasteiger partial charge in [0.15, 0.2) is 0 Å². The number of carbonyl (C=O) groups is 1. The van der Waals surface area contributed by atoms with Crippen LogP contribution in [0.1, 0.15) is 0 Å². The third kappa shape index (κ3) is 1.67. The Kier molecular flexibility index (Phi) is 2.43. The van der Waals surface area contributed by atoms with Gasteiger partial charge in [-0.3, -0.25) is 10.1 Å². The SMILES string of the molecule is O=CC1COc2cc(F)c([N+](=O)[O-])cc2N1. The van der Waals surface area contributed by atoms with Gasteiger partial charge in [0, 0.05) is 12.1 Å². The first-order chi connectivity index (χ1) is 7.61. The van der Waals surface area contributed by atoms with E-state index in [-0.39, 0.29) is 18.0 Å². The van der Waals surface area contributed by atoms with Crippen LogP contribution in [0.5, 0.6) is 5.75 Å². The van der Waals surface area contributed by atoms with Crippen LogP contribution in [0.2, 0.25) is 0 Å². The van der Waals surface area contributed by atoms with E-state index in [1.807, 2.05) is 0 Å². The zero-order valence-electron chi connectivity index (χ0n) is 7.97. The van der Waals surface area contributed by atoms with E-state index in [0.717, 1.165) is 12.1 Å². The molecule has 1 N–H and O–H groups in total. The average molecular weight is 226 g/mol. The number of ether oxygens (including phenoxy) is 1. The summed E-state index contributed by atoms with van der Waals surface area (Å²) in [6.07, 6.45) is 0.623. The van der Waals surface area contributed by atoms with Crippen molar-refractivity contribution in [2.45, 2.75) is 6.04 Å². The number of hydrogen-bond acceptors (Lipinski definition) is 5. The molecular formula is C9H7FN2O4. The van der Waals surface area contributed by atoms with Crippen molar-refractivity contribution in [1.82, 2.24) is 0 Å². The zero-order valence-corrected chi connectivity index (χ0v) is 7.97. The standard InChI is InChI=1S/C9H7FN2O4/c10-6-1-9-7(2-8(6)12(14)15)11-5(3-13)4-16-9/h1-3,5,11H,4H2. The second-order valence-electron chi connectivity index (χ2n) is 3.25. The van der Waals surface area contributed by atoms with E-state index >= 15 is 0 Å². The number of fused-ring (bicyclic) bond motifs is 1. The van der Waals surface area contributed by atoms with Gasteiger partial charge in [-0.2, -0.15) is 4.39 Å². The molecule has 0 amide bonds. The van der Waals surface area contributed by atoms with Crippen molar-refractivity contribution in [3.05, 3.63) is 28.1 Å². The van der Waals surface area contributed by atoms with Crippen molar-refractivity contribution in [3.63, 3.8) is 0 Å². The van der Waals surface area contributed by atoms with Gasteiger partial charge in [0.1, 0.15) is 24.7 Å². The van der Waals surface area contributed by atoms with E-state index in [1.54, 1.807) is 0 Å². The lowest BCUT2D eigenvalue weighted by molar-refractivity contribution is -0.387. The van der Waals surface area contributed by atoms with Gasteiger partial charge in [-0.1, -0.05) is 0 Å². The van der Waals surface area contributed by atoms with E-state index in [4.69, 9.17) is 4.74 Å². The van der Waals surface area contributed by atoms with E-state index in [9.17, 15) is 19.3 Å². The minimum atomic E-state index is -0.963. The lowest BCUT2D eigenvalue weighted by Gasteiger charge is -2.23. The highest BCUT2D eigenvalue weighted by Gasteiger charge is 2.24. The van der Waals surface area contributed by atoms with Crippen LogP contribution in [0.15, 0.2) is 12.1 Å². The summed E-state index contributed by atoms with van der Waals surface area (Å²) >= 11 is 0. The summed E-state index contributed by atoms with van der Waals surface area (Å²) in [5.74, 6) is -0.795. The molecule has 16 heavy (non-hydrogen) atoms. The number of halogens is 1. The average Bonchev–Trinajstić information content (AvgIpc) is 2.27. The number of aldehydes is 1. The van der Waals surface area contributed by atoms with Crippen molar-refractivity contribution in [1.29, 1.82) is 0 Å². The van der Waals surface area contributed by atoms with Gasteiger partial charge in [-0.15, -0.1) is 0 Å². The van der Waals surface area contributed by atoms with Crippen LogP contribution < -0.4 is 10.1 Å². The molecular weight excluding hydrogens is 219 g/mol. The highest BCUT2D eigenvalue weighted by molar-refractivity contribution is 5.71. The summed E-state index contributed by atoms with van der Waals surface area (Å²) in [4.78, 5) is 20.2. The fourth-order valence-electron chi connectivity index (χ4n) is 1.41. The molecule has 0 spiro atoms. The summed E-state index contributed by atoms with van der Waals surface area (Å²) < 4.78 is 18.3. The number of nitrogens with zero attached hydrogens (tertiary/aromatic N) is 1. The van der Waals surface area contributed by atoms with Crippen LogP contribution in [-0.2, 0) is 4.79 Å². The molecule has 0 aromatic heterocycles. The van der Waals surface area contributed by atoms with Crippen LogP contribution in [0.3, 0.4) is 0 Å². The molecule has 1 aliphatic heterocycles. The number of anilines is 1. The summed E-state index contributed by atoms with van der Waals surface area (Å²) in [6, 6.07) is 1.37. The number of benzene rings is 1. The molecule has 84 valence electrons. The van der Waals surface area contributed by atoms with Crippen molar-refractivity contribution in [2.24, 2.45) is 0 Å². The quantitative estimate of drug-likeness (QED) is 0.464. The molecule has 0 aliphatic carbocycles. The molecule has 1 aromatic carbocycles. The second-order valence-corrected chi connectivity index (χ2v) is 3.25. The summed E-state index contributed by atoms with van der Waals surface area (Å²) in [5, 5.41) is 13.2. The molecule has 0 fully saturated rings. The number of rotatable bonds is 2. The fraction of sp³-hybridized carbons (Fsp3) is 0.222. The van der Waals surface area contributed by atoms with Crippen molar-refractivity contribution in [2.75, 3.05) is 11.9 Å². The minimum absolute atomic E-state index is 0.0771. The smallest absolute Gasteiger partial charge is 0.307 e. The molecule has 6 nitrogen and oxygen atoms in total. The molecule has 0 radical (unpaired) electrons. The predicted octanol–water partition coefficient (Wildman–Crippen LogP) is 1.11. The number of hydrogen-bond donors (Lipinski definition) is 1. The van der Waals surface area contributed by atoms with E-state index < -0.39 is 22.5 Å². The summed E-state index contributed by atoms with van der Waals surface area (Å²) in [5.41, 5.74) is -0.405. The molecule has 0 bridgehead atoms. The topological polar surface area (TPSA) is 81.5 Å². The second kappa shape index (κ2) is 3.76. The van der Waals surface area contributed by atoms with Gasteiger partial charge in [0.05, 0.1) is 10.6 Å². The lowest BCUT2D eigenvalue weighted by atomic mass is 10.2. The van der Waals surface area contributed by atoms with Crippen LogP contribution in [0, 0.1) is 15.9 Å².